The molecule has 0 radical (unpaired) electrons. The van der Waals surface area contributed by atoms with Crippen molar-refractivity contribution >= 4 is 16.8 Å². The van der Waals surface area contributed by atoms with E-state index in [9.17, 15) is 4.79 Å². The van der Waals surface area contributed by atoms with Crippen molar-refractivity contribution in [3.05, 3.63) is 48.3 Å². The van der Waals surface area contributed by atoms with Gasteiger partial charge in [0.15, 0.2) is 12.1 Å². The van der Waals surface area contributed by atoms with Crippen molar-refractivity contribution in [2.45, 2.75) is 6.42 Å². The van der Waals surface area contributed by atoms with E-state index in [2.05, 4.69) is 15.4 Å². The molecule has 0 atom stereocenters. The van der Waals surface area contributed by atoms with Gasteiger partial charge >= 0.3 is 0 Å². The Morgan fingerprint density at radius 3 is 3.05 bits per heavy atom. The van der Waals surface area contributed by atoms with Crippen LogP contribution in [0.5, 0.6) is 0 Å². The topological polar surface area (TPSA) is 73.0 Å². The lowest BCUT2D eigenvalue weighted by Crippen LogP contribution is -2.26. The summed E-state index contributed by atoms with van der Waals surface area (Å²) in [5.41, 5.74) is 2.20. The zero-order chi connectivity index (χ0) is 13.9. The molecule has 0 fully saturated rings. The van der Waals surface area contributed by atoms with E-state index in [0.717, 1.165) is 16.6 Å². The molecular weight excluding hydrogens is 256 g/mol. The van der Waals surface area contributed by atoms with Gasteiger partial charge in [-0.05, 0) is 6.07 Å². The van der Waals surface area contributed by atoms with Gasteiger partial charge in [0.05, 0.1) is 11.2 Å². The van der Waals surface area contributed by atoms with Gasteiger partial charge in [-0.3, -0.25) is 9.48 Å². The van der Waals surface area contributed by atoms with E-state index in [0.29, 0.717) is 18.7 Å². The largest absolute Gasteiger partial charge is 0.451 e. The number of amides is 1. The van der Waals surface area contributed by atoms with Crippen LogP contribution in [0.4, 0.5) is 0 Å². The number of rotatable bonds is 4. The molecule has 2 aromatic heterocycles. The molecule has 3 aromatic rings. The van der Waals surface area contributed by atoms with Crippen LogP contribution in [0.1, 0.15) is 16.2 Å². The molecule has 1 N–H and O–H groups in total. The Morgan fingerprint density at radius 2 is 2.25 bits per heavy atom. The minimum atomic E-state index is -0.176. The van der Waals surface area contributed by atoms with Crippen molar-refractivity contribution in [3.8, 4) is 0 Å². The van der Waals surface area contributed by atoms with Crippen LogP contribution in [0.2, 0.25) is 0 Å². The molecule has 0 unspecified atom stereocenters. The number of nitrogens with zero attached hydrogens (tertiary/aromatic N) is 3. The van der Waals surface area contributed by atoms with Crippen LogP contribution in [0.3, 0.4) is 0 Å². The standard InChI is InChI=1S/C14H14N4O2/c1-18-12-5-3-2-4-11(12)13(17-18)14(19)15-7-6-10-8-20-9-16-10/h2-5,8-9H,6-7H2,1H3,(H,15,19). The van der Waals surface area contributed by atoms with Crippen molar-refractivity contribution in [1.29, 1.82) is 0 Å². The molecule has 6 heteroatoms. The summed E-state index contributed by atoms with van der Waals surface area (Å²) >= 11 is 0. The maximum Gasteiger partial charge on any atom is 0.272 e. The fourth-order valence-corrected chi connectivity index (χ4v) is 2.13. The number of nitrogens with one attached hydrogen (secondary N) is 1. The van der Waals surface area contributed by atoms with Gasteiger partial charge in [0, 0.05) is 25.4 Å². The highest BCUT2D eigenvalue weighted by Crippen LogP contribution is 2.17. The van der Waals surface area contributed by atoms with Crippen molar-refractivity contribution in [3.63, 3.8) is 0 Å². The zero-order valence-corrected chi connectivity index (χ0v) is 11.0. The second kappa shape index (κ2) is 5.16. The SMILES string of the molecule is Cn1nc(C(=O)NCCc2cocn2)c2ccccc21. The summed E-state index contributed by atoms with van der Waals surface area (Å²) < 4.78 is 6.59. The molecule has 0 saturated heterocycles. The highest BCUT2D eigenvalue weighted by Gasteiger charge is 2.15. The molecule has 2 heterocycles. The zero-order valence-electron chi connectivity index (χ0n) is 11.0. The first-order chi connectivity index (χ1) is 9.75. The maximum absolute atomic E-state index is 12.2. The molecular formula is C14H14N4O2. The van der Waals surface area contributed by atoms with Crippen LogP contribution >= 0.6 is 0 Å². The molecule has 0 bridgehead atoms. The Labute approximate surface area is 115 Å². The van der Waals surface area contributed by atoms with E-state index in [1.807, 2.05) is 31.3 Å². The number of fused-ring (bicyclic) bond motifs is 1. The van der Waals surface area contributed by atoms with Crippen molar-refractivity contribution in [2.24, 2.45) is 7.05 Å². The Kier molecular flexibility index (Phi) is 3.20. The van der Waals surface area contributed by atoms with Gasteiger partial charge in [0.25, 0.3) is 5.91 Å². The summed E-state index contributed by atoms with van der Waals surface area (Å²) in [4.78, 5) is 16.2. The van der Waals surface area contributed by atoms with Gasteiger partial charge in [-0.25, -0.2) is 4.98 Å². The summed E-state index contributed by atoms with van der Waals surface area (Å²) in [7, 11) is 1.83. The molecule has 6 nitrogen and oxygen atoms in total. The average Bonchev–Trinajstić information content (AvgIpc) is 3.08. The quantitative estimate of drug-likeness (QED) is 0.780. The molecule has 0 spiro atoms. The number of hydrogen-bond acceptors (Lipinski definition) is 4. The normalized spacial score (nSPS) is 10.8. The third kappa shape index (κ3) is 2.27. The van der Waals surface area contributed by atoms with E-state index in [-0.39, 0.29) is 5.91 Å². The maximum atomic E-state index is 12.2. The van der Waals surface area contributed by atoms with Crippen LogP contribution in [0.25, 0.3) is 10.9 Å². The first kappa shape index (κ1) is 12.4. The van der Waals surface area contributed by atoms with Gasteiger partial charge in [-0.1, -0.05) is 18.2 Å². The van der Waals surface area contributed by atoms with E-state index in [1.54, 1.807) is 10.9 Å². The number of carbonyl (C=O) groups is 1. The number of aryl methyl sites for hydroxylation is 1. The Morgan fingerprint density at radius 1 is 1.40 bits per heavy atom. The summed E-state index contributed by atoms with van der Waals surface area (Å²) in [6, 6.07) is 7.66. The lowest BCUT2D eigenvalue weighted by molar-refractivity contribution is 0.0950. The molecule has 20 heavy (non-hydrogen) atoms. The second-order valence-corrected chi connectivity index (χ2v) is 4.48. The molecule has 102 valence electrons. The lowest BCUT2D eigenvalue weighted by atomic mass is 10.2. The first-order valence-corrected chi connectivity index (χ1v) is 6.32. The molecule has 0 aliphatic heterocycles. The predicted molar refractivity (Wildman–Crippen MR) is 73.3 cm³/mol. The van der Waals surface area contributed by atoms with Crippen LogP contribution in [-0.2, 0) is 13.5 Å². The number of para-hydroxylation sites is 1. The third-order valence-electron chi connectivity index (χ3n) is 3.12. The Hall–Kier alpha value is -2.63. The van der Waals surface area contributed by atoms with Crippen molar-refractivity contribution in [2.75, 3.05) is 6.54 Å². The predicted octanol–water partition coefficient (Wildman–Crippen LogP) is 1.53. The van der Waals surface area contributed by atoms with Crippen molar-refractivity contribution in [1.82, 2.24) is 20.1 Å². The van der Waals surface area contributed by atoms with Gasteiger partial charge in [0.2, 0.25) is 0 Å². The molecule has 0 aliphatic carbocycles. The summed E-state index contributed by atoms with van der Waals surface area (Å²) in [6.45, 7) is 0.496. The lowest BCUT2D eigenvalue weighted by Gasteiger charge is -2.01. The third-order valence-corrected chi connectivity index (χ3v) is 3.12. The van der Waals surface area contributed by atoms with Crippen molar-refractivity contribution < 1.29 is 9.21 Å². The summed E-state index contributed by atoms with van der Waals surface area (Å²) in [6.07, 6.45) is 3.58. The van der Waals surface area contributed by atoms with Crippen LogP contribution < -0.4 is 5.32 Å². The highest BCUT2D eigenvalue weighted by atomic mass is 16.3. The fourth-order valence-electron chi connectivity index (χ4n) is 2.13. The van der Waals surface area contributed by atoms with E-state index < -0.39 is 0 Å². The number of carbonyl (C=O) groups excluding carboxylic acids is 1. The molecule has 3 rings (SSSR count). The van der Waals surface area contributed by atoms with Gasteiger partial charge in [0.1, 0.15) is 6.26 Å². The average molecular weight is 270 g/mol. The van der Waals surface area contributed by atoms with E-state index >= 15 is 0 Å². The number of hydrogen-bond donors (Lipinski definition) is 1. The number of oxazole rings is 1. The minimum absolute atomic E-state index is 0.176. The van der Waals surface area contributed by atoms with Crippen LogP contribution in [0, 0.1) is 0 Å². The highest BCUT2D eigenvalue weighted by molar-refractivity contribution is 6.04. The summed E-state index contributed by atoms with van der Waals surface area (Å²) in [5.74, 6) is -0.176. The summed E-state index contributed by atoms with van der Waals surface area (Å²) in [5, 5.41) is 7.98. The van der Waals surface area contributed by atoms with E-state index in [1.165, 1.54) is 6.39 Å². The molecule has 0 aliphatic rings. The smallest absolute Gasteiger partial charge is 0.272 e. The van der Waals surface area contributed by atoms with Gasteiger partial charge in [-0.2, -0.15) is 5.10 Å². The minimum Gasteiger partial charge on any atom is -0.451 e. The van der Waals surface area contributed by atoms with Gasteiger partial charge < -0.3 is 9.73 Å². The molecule has 1 amide bonds. The monoisotopic (exact) mass is 270 g/mol. The second-order valence-electron chi connectivity index (χ2n) is 4.48. The number of aromatic nitrogens is 3. The number of benzene rings is 1. The van der Waals surface area contributed by atoms with Gasteiger partial charge in [-0.15, -0.1) is 0 Å². The Bertz CT molecular complexity index is 731. The fraction of sp³-hybridized carbons (Fsp3) is 0.214. The molecule has 1 aromatic carbocycles. The first-order valence-electron chi connectivity index (χ1n) is 6.32. The van der Waals surface area contributed by atoms with Crippen LogP contribution in [0.15, 0.2) is 41.3 Å². The Balaban J connectivity index is 1.72. The van der Waals surface area contributed by atoms with E-state index in [4.69, 9.17) is 4.42 Å². The van der Waals surface area contributed by atoms with Crippen LogP contribution in [-0.4, -0.2) is 27.2 Å². The molecule has 0 saturated carbocycles.